The first-order valence-electron chi connectivity index (χ1n) is 4.02. The maximum absolute atomic E-state index is 13.0. The summed E-state index contributed by atoms with van der Waals surface area (Å²) in [4.78, 5) is 11.0. The molecule has 0 N–H and O–H groups in total. The van der Waals surface area contributed by atoms with Crippen LogP contribution in [0.15, 0.2) is 24.3 Å². The maximum Gasteiger partial charge on any atom is 0.162 e. The van der Waals surface area contributed by atoms with Crippen LogP contribution in [0.1, 0.15) is 22.8 Å². The fraction of sp³-hybridized carbons (Fsp3) is 0.0909. The molecule has 0 bridgehead atoms. The van der Waals surface area contributed by atoms with Crippen molar-refractivity contribution in [2.45, 2.75) is 6.92 Å². The summed E-state index contributed by atoms with van der Waals surface area (Å²) in [6, 6.07) is 5.97. The predicted octanol–water partition coefficient (Wildman–Crippen LogP) is 2.57. The first kappa shape index (κ1) is 10.1. The summed E-state index contributed by atoms with van der Waals surface area (Å²) in [5.74, 6) is -0.860. The summed E-state index contributed by atoms with van der Waals surface area (Å²) >= 11 is 0. The van der Waals surface area contributed by atoms with Gasteiger partial charge >= 0.3 is 0 Å². The zero-order chi connectivity index (χ0) is 10.6. The second kappa shape index (κ2) is 4.33. The number of ketones is 1. The van der Waals surface area contributed by atoms with Crippen LogP contribution in [0, 0.1) is 17.1 Å². The molecule has 70 valence electrons. The van der Waals surface area contributed by atoms with Gasteiger partial charge in [0.15, 0.2) is 5.78 Å². The van der Waals surface area contributed by atoms with Gasteiger partial charge in [-0.1, -0.05) is 6.07 Å². The van der Waals surface area contributed by atoms with E-state index in [-0.39, 0.29) is 11.3 Å². The third-order valence-corrected chi connectivity index (χ3v) is 1.72. The Kier molecular flexibility index (Phi) is 3.14. The average Bonchev–Trinajstić information content (AvgIpc) is 2.16. The van der Waals surface area contributed by atoms with E-state index in [1.807, 2.05) is 6.07 Å². The molecule has 0 spiro atoms. The molecular weight excluding hydrogens is 181 g/mol. The Morgan fingerprint density at radius 2 is 2.29 bits per heavy atom. The molecule has 3 heteroatoms. The van der Waals surface area contributed by atoms with Gasteiger partial charge in [-0.25, -0.2) is 4.39 Å². The van der Waals surface area contributed by atoms with Gasteiger partial charge in [0.05, 0.1) is 11.6 Å². The van der Waals surface area contributed by atoms with Crippen molar-refractivity contribution in [1.82, 2.24) is 0 Å². The van der Waals surface area contributed by atoms with Crippen LogP contribution < -0.4 is 0 Å². The van der Waals surface area contributed by atoms with Crippen LogP contribution in [0.5, 0.6) is 0 Å². The normalized spacial score (nSPS) is 10.1. The Hall–Kier alpha value is -1.95. The highest BCUT2D eigenvalue weighted by atomic mass is 19.1. The van der Waals surface area contributed by atoms with Gasteiger partial charge in [-0.2, -0.15) is 5.26 Å². The molecule has 0 atom stereocenters. The number of nitrogens with zero attached hydrogens (tertiary/aromatic N) is 1. The molecule has 0 aliphatic rings. The first-order chi connectivity index (χ1) is 6.65. The fourth-order valence-electron chi connectivity index (χ4n) is 1.05. The minimum Gasteiger partial charge on any atom is -0.294 e. The molecule has 1 rings (SSSR count). The Labute approximate surface area is 81.3 Å². The Morgan fingerprint density at radius 1 is 1.57 bits per heavy atom. The van der Waals surface area contributed by atoms with Crippen LogP contribution in [0.2, 0.25) is 0 Å². The molecule has 14 heavy (non-hydrogen) atoms. The topological polar surface area (TPSA) is 40.9 Å². The summed E-state index contributed by atoms with van der Waals surface area (Å²) in [6.45, 7) is 1.30. The van der Waals surface area contributed by atoms with Gasteiger partial charge < -0.3 is 0 Å². The predicted molar refractivity (Wildman–Crippen MR) is 51.1 cm³/mol. The third kappa shape index (κ3) is 2.27. The molecule has 0 fully saturated rings. The Balaban J connectivity index is 3.14. The van der Waals surface area contributed by atoms with Crippen molar-refractivity contribution < 1.29 is 9.18 Å². The van der Waals surface area contributed by atoms with E-state index < -0.39 is 5.82 Å². The number of hydrogen-bond acceptors (Lipinski definition) is 2. The van der Waals surface area contributed by atoms with Crippen molar-refractivity contribution in [2.75, 3.05) is 0 Å². The number of Topliss-reactive ketones (excluding diaryl/α,β-unsaturated/α-hetero) is 1. The Bertz CT molecular complexity index is 429. The highest BCUT2D eigenvalue weighted by Crippen LogP contribution is 2.12. The zero-order valence-corrected chi connectivity index (χ0v) is 7.62. The molecule has 1 aromatic rings. The average molecular weight is 189 g/mol. The summed E-state index contributed by atoms with van der Waals surface area (Å²) in [5, 5.41) is 8.28. The molecule has 0 heterocycles. The van der Waals surface area contributed by atoms with Crippen LogP contribution >= 0.6 is 0 Å². The number of carbonyl (C=O) groups excluding carboxylic acids is 1. The Morgan fingerprint density at radius 3 is 2.86 bits per heavy atom. The number of allylic oxidation sites excluding steroid dienone is 1. The lowest BCUT2D eigenvalue weighted by molar-refractivity contribution is 0.101. The molecule has 0 amide bonds. The van der Waals surface area contributed by atoms with E-state index in [0.717, 1.165) is 0 Å². The molecule has 0 aliphatic heterocycles. The fourth-order valence-corrected chi connectivity index (χ4v) is 1.05. The lowest BCUT2D eigenvalue weighted by Crippen LogP contribution is -1.96. The largest absolute Gasteiger partial charge is 0.294 e. The SMILES string of the molecule is CC(=O)c1cc(C=CC#N)ccc1F. The van der Waals surface area contributed by atoms with Crippen molar-refractivity contribution >= 4 is 11.9 Å². The smallest absolute Gasteiger partial charge is 0.162 e. The molecule has 1 aromatic carbocycles. The van der Waals surface area contributed by atoms with E-state index in [0.29, 0.717) is 5.56 Å². The number of hydrogen-bond donors (Lipinski definition) is 0. The molecule has 0 saturated heterocycles. The third-order valence-electron chi connectivity index (χ3n) is 1.72. The molecule has 0 saturated carbocycles. The van der Waals surface area contributed by atoms with Crippen molar-refractivity contribution in [1.29, 1.82) is 5.26 Å². The van der Waals surface area contributed by atoms with Gasteiger partial charge in [0.2, 0.25) is 0 Å². The van der Waals surface area contributed by atoms with Gasteiger partial charge in [-0.05, 0) is 30.7 Å². The zero-order valence-electron chi connectivity index (χ0n) is 7.62. The second-order valence-corrected chi connectivity index (χ2v) is 2.76. The van der Waals surface area contributed by atoms with E-state index in [4.69, 9.17) is 5.26 Å². The lowest BCUT2D eigenvalue weighted by atomic mass is 10.1. The standard InChI is InChI=1S/C11H8FNO/c1-8(14)10-7-9(3-2-6-13)4-5-11(10)12/h2-5,7H,1H3. The molecule has 0 aromatic heterocycles. The summed E-state index contributed by atoms with van der Waals surface area (Å²) in [6.07, 6.45) is 2.79. The molecule has 2 nitrogen and oxygen atoms in total. The highest BCUT2D eigenvalue weighted by molar-refractivity contribution is 5.94. The van der Waals surface area contributed by atoms with Crippen molar-refractivity contribution in [3.05, 3.63) is 41.2 Å². The molecular formula is C11H8FNO. The number of benzene rings is 1. The monoisotopic (exact) mass is 189 g/mol. The van der Waals surface area contributed by atoms with E-state index in [1.54, 1.807) is 0 Å². The highest BCUT2D eigenvalue weighted by Gasteiger charge is 2.06. The van der Waals surface area contributed by atoms with E-state index in [9.17, 15) is 9.18 Å². The van der Waals surface area contributed by atoms with Gasteiger partial charge in [0, 0.05) is 6.08 Å². The van der Waals surface area contributed by atoms with Gasteiger partial charge in [-0.3, -0.25) is 4.79 Å². The van der Waals surface area contributed by atoms with Crippen LogP contribution in [0.25, 0.3) is 6.08 Å². The molecule has 0 radical (unpaired) electrons. The van der Waals surface area contributed by atoms with E-state index in [1.165, 1.54) is 37.3 Å². The van der Waals surface area contributed by atoms with Crippen LogP contribution in [0.3, 0.4) is 0 Å². The molecule has 0 aliphatic carbocycles. The number of halogens is 1. The quantitative estimate of drug-likeness (QED) is 0.530. The summed E-state index contributed by atoms with van der Waals surface area (Å²) in [5.41, 5.74) is 0.684. The van der Waals surface area contributed by atoms with Gasteiger partial charge in [0.1, 0.15) is 5.82 Å². The van der Waals surface area contributed by atoms with Crippen molar-refractivity contribution in [2.24, 2.45) is 0 Å². The van der Waals surface area contributed by atoms with Crippen molar-refractivity contribution in [3.63, 3.8) is 0 Å². The van der Waals surface area contributed by atoms with Gasteiger partial charge in [-0.15, -0.1) is 0 Å². The number of carbonyl (C=O) groups is 1. The maximum atomic E-state index is 13.0. The second-order valence-electron chi connectivity index (χ2n) is 2.76. The first-order valence-corrected chi connectivity index (χ1v) is 4.02. The summed E-state index contributed by atoms with van der Waals surface area (Å²) < 4.78 is 13.0. The number of nitriles is 1. The summed E-state index contributed by atoms with van der Waals surface area (Å²) in [7, 11) is 0. The van der Waals surface area contributed by atoms with Gasteiger partial charge in [0.25, 0.3) is 0 Å². The van der Waals surface area contributed by atoms with Crippen LogP contribution in [-0.2, 0) is 0 Å². The van der Waals surface area contributed by atoms with Crippen molar-refractivity contribution in [3.8, 4) is 6.07 Å². The number of rotatable bonds is 2. The van der Waals surface area contributed by atoms with E-state index >= 15 is 0 Å². The lowest BCUT2D eigenvalue weighted by Gasteiger charge is -1.99. The minimum atomic E-state index is -0.536. The van der Waals surface area contributed by atoms with Crippen LogP contribution in [-0.4, -0.2) is 5.78 Å². The molecule has 0 unspecified atom stereocenters. The van der Waals surface area contributed by atoms with Crippen LogP contribution in [0.4, 0.5) is 4.39 Å². The minimum absolute atomic E-state index is 0.0464. The van der Waals surface area contributed by atoms with E-state index in [2.05, 4.69) is 0 Å².